The van der Waals surface area contributed by atoms with Crippen LogP contribution in [0.5, 0.6) is 0 Å². The van der Waals surface area contributed by atoms with Gasteiger partial charge in [0.25, 0.3) is 5.69 Å². The van der Waals surface area contributed by atoms with Crippen LogP contribution in [0.15, 0.2) is 18.3 Å². The van der Waals surface area contributed by atoms with E-state index in [-0.39, 0.29) is 12.1 Å². The average molecular weight is 210 g/mol. The zero-order chi connectivity index (χ0) is 11.3. The molecule has 0 bridgehead atoms. The molecule has 1 aromatic heterocycles. The predicted molar refractivity (Wildman–Crippen MR) is 51.5 cm³/mol. The molecule has 1 heterocycles. The number of carboxylic acid groups (broad SMARTS) is 1. The first-order chi connectivity index (χ1) is 7.11. The smallest absolute Gasteiger partial charge is 0.303 e. The number of hydrogen-bond donors (Lipinski definition) is 1. The molecule has 0 saturated heterocycles. The first kappa shape index (κ1) is 11.1. The van der Waals surface area contributed by atoms with E-state index in [9.17, 15) is 14.9 Å². The predicted octanol–water partition coefficient (Wildman–Crippen LogP) is 1.40. The lowest BCUT2D eigenvalue weighted by molar-refractivity contribution is -0.385. The molecule has 0 aliphatic carbocycles. The van der Waals surface area contributed by atoms with Crippen molar-refractivity contribution in [2.75, 3.05) is 0 Å². The van der Waals surface area contributed by atoms with Gasteiger partial charge in [0.2, 0.25) is 0 Å². The molecule has 80 valence electrons. The lowest BCUT2D eigenvalue weighted by Gasteiger charge is -1.99. The maximum atomic E-state index is 10.6. The van der Waals surface area contributed by atoms with Crippen LogP contribution < -0.4 is 0 Å². The van der Waals surface area contributed by atoms with Gasteiger partial charge in [0.05, 0.1) is 4.92 Å². The van der Waals surface area contributed by atoms with Crippen molar-refractivity contribution in [2.24, 2.45) is 0 Å². The monoisotopic (exact) mass is 210 g/mol. The van der Waals surface area contributed by atoms with E-state index >= 15 is 0 Å². The molecule has 0 amide bonds. The molecule has 0 unspecified atom stereocenters. The summed E-state index contributed by atoms with van der Waals surface area (Å²) in [7, 11) is 0. The van der Waals surface area contributed by atoms with Gasteiger partial charge in [-0.1, -0.05) is 0 Å². The Bertz CT molecular complexity index is 378. The van der Waals surface area contributed by atoms with Crippen LogP contribution in [-0.2, 0) is 11.2 Å². The summed E-state index contributed by atoms with van der Waals surface area (Å²) in [5.41, 5.74) is 0.284. The van der Waals surface area contributed by atoms with Gasteiger partial charge in [0.15, 0.2) is 0 Å². The summed E-state index contributed by atoms with van der Waals surface area (Å²) in [5, 5.41) is 19.0. The fourth-order valence-electron chi connectivity index (χ4n) is 1.20. The lowest BCUT2D eigenvalue weighted by Crippen LogP contribution is -2.00. The van der Waals surface area contributed by atoms with Gasteiger partial charge in [0, 0.05) is 18.7 Å². The van der Waals surface area contributed by atoms with Crippen molar-refractivity contribution in [3.05, 3.63) is 34.1 Å². The number of aliphatic carboxylic acids is 1. The van der Waals surface area contributed by atoms with Crippen molar-refractivity contribution in [1.82, 2.24) is 4.98 Å². The summed E-state index contributed by atoms with van der Waals surface area (Å²) >= 11 is 0. The number of aromatic nitrogens is 1. The third-order valence-corrected chi connectivity index (χ3v) is 1.87. The number of nitro groups is 1. The number of rotatable bonds is 5. The standard InChI is InChI=1S/C9H10N2O4/c12-9(13)5-1-3-7-8(11(14)15)4-2-6-10-7/h2,4,6H,1,3,5H2,(H,12,13). The summed E-state index contributed by atoms with van der Waals surface area (Å²) in [6.07, 6.45) is 2.12. The third kappa shape index (κ3) is 3.34. The molecule has 6 nitrogen and oxygen atoms in total. The Morgan fingerprint density at radius 2 is 2.33 bits per heavy atom. The third-order valence-electron chi connectivity index (χ3n) is 1.87. The second-order valence-corrected chi connectivity index (χ2v) is 2.97. The van der Waals surface area contributed by atoms with E-state index in [1.807, 2.05) is 0 Å². The SMILES string of the molecule is O=C(O)CCCc1ncccc1[N+](=O)[O-]. The fraction of sp³-hybridized carbons (Fsp3) is 0.333. The number of carboxylic acids is 1. The van der Waals surface area contributed by atoms with E-state index in [4.69, 9.17) is 5.11 Å². The van der Waals surface area contributed by atoms with Gasteiger partial charge in [-0.3, -0.25) is 19.9 Å². The number of carbonyl (C=O) groups is 1. The molecule has 15 heavy (non-hydrogen) atoms. The van der Waals surface area contributed by atoms with Crippen molar-refractivity contribution in [2.45, 2.75) is 19.3 Å². The Morgan fingerprint density at radius 1 is 1.60 bits per heavy atom. The Hall–Kier alpha value is -1.98. The van der Waals surface area contributed by atoms with Crippen LogP contribution in [0.4, 0.5) is 5.69 Å². The summed E-state index contributed by atoms with van der Waals surface area (Å²) in [6, 6.07) is 2.85. The molecule has 0 aliphatic rings. The molecular formula is C9H10N2O4. The van der Waals surface area contributed by atoms with Gasteiger partial charge < -0.3 is 5.11 Å². The van der Waals surface area contributed by atoms with Crippen LogP contribution in [0, 0.1) is 10.1 Å². The Kier molecular flexibility index (Phi) is 3.73. The molecule has 0 aromatic carbocycles. The van der Waals surface area contributed by atoms with Gasteiger partial charge in [0.1, 0.15) is 5.69 Å². The maximum absolute atomic E-state index is 10.6. The Balaban J connectivity index is 2.67. The number of nitrogens with zero attached hydrogens (tertiary/aromatic N) is 2. The largest absolute Gasteiger partial charge is 0.481 e. The van der Waals surface area contributed by atoms with Crippen LogP contribution in [0.2, 0.25) is 0 Å². The molecule has 0 aliphatic heterocycles. The van der Waals surface area contributed by atoms with Crippen LogP contribution >= 0.6 is 0 Å². The van der Waals surface area contributed by atoms with Gasteiger partial charge in [-0.25, -0.2) is 0 Å². The second-order valence-electron chi connectivity index (χ2n) is 2.97. The van der Waals surface area contributed by atoms with Crippen molar-refractivity contribution in [3.8, 4) is 0 Å². The molecule has 1 rings (SSSR count). The summed E-state index contributed by atoms with van der Waals surface area (Å²) in [6.45, 7) is 0. The van der Waals surface area contributed by atoms with Crippen molar-refractivity contribution >= 4 is 11.7 Å². The van der Waals surface area contributed by atoms with Crippen LogP contribution in [-0.4, -0.2) is 21.0 Å². The molecule has 0 radical (unpaired) electrons. The number of pyridine rings is 1. The van der Waals surface area contributed by atoms with Gasteiger partial charge in [-0.05, 0) is 18.9 Å². The van der Waals surface area contributed by atoms with E-state index in [0.717, 1.165) is 0 Å². The summed E-state index contributed by atoms with van der Waals surface area (Å²) in [5.74, 6) is -0.909. The van der Waals surface area contributed by atoms with E-state index in [1.165, 1.54) is 18.3 Å². The highest BCUT2D eigenvalue weighted by Crippen LogP contribution is 2.16. The molecule has 0 saturated carbocycles. The van der Waals surface area contributed by atoms with E-state index in [2.05, 4.69) is 4.98 Å². The van der Waals surface area contributed by atoms with Gasteiger partial charge in [-0.15, -0.1) is 0 Å². The summed E-state index contributed by atoms with van der Waals surface area (Å²) < 4.78 is 0. The van der Waals surface area contributed by atoms with Gasteiger partial charge in [-0.2, -0.15) is 0 Å². The Morgan fingerprint density at radius 3 is 2.93 bits per heavy atom. The first-order valence-electron chi connectivity index (χ1n) is 4.41. The van der Waals surface area contributed by atoms with Crippen molar-refractivity contribution in [3.63, 3.8) is 0 Å². The zero-order valence-corrected chi connectivity index (χ0v) is 7.92. The van der Waals surface area contributed by atoms with E-state index in [1.54, 1.807) is 0 Å². The topological polar surface area (TPSA) is 93.3 Å². The molecular weight excluding hydrogens is 200 g/mol. The zero-order valence-electron chi connectivity index (χ0n) is 7.92. The normalized spacial score (nSPS) is 9.87. The lowest BCUT2D eigenvalue weighted by atomic mass is 10.1. The molecule has 6 heteroatoms. The molecule has 0 spiro atoms. The van der Waals surface area contributed by atoms with E-state index in [0.29, 0.717) is 18.5 Å². The van der Waals surface area contributed by atoms with Crippen LogP contribution in [0.3, 0.4) is 0 Å². The number of aryl methyl sites for hydroxylation is 1. The molecule has 1 N–H and O–H groups in total. The maximum Gasteiger partial charge on any atom is 0.303 e. The number of hydrogen-bond acceptors (Lipinski definition) is 4. The summed E-state index contributed by atoms with van der Waals surface area (Å²) in [4.78, 5) is 24.2. The highest BCUT2D eigenvalue weighted by molar-refractivity contribution is 5.66. The van der Waals surface area contributed by atoms with Crippen LogP contribution in [0.1, 0.15) is 18.5 Å². The van der Waals surface area contributed by atoms with E-state index < -0.39 is 10.9 Å². The molecule has 0 fully saturated rings. The Labute approximate surface area is 85.7 Å². The quantitative estimate of drug-likeness (QED) is 0.585. The van der Waals surface area contributed by atoms with Crippen molar-refractivity contribution < 1.29 is 14.8 Å². The minimum absolute atomic E-state index is 0.00622. The highest BCUT2D eigenvalue weighted by Gasteiger charge is 2.13. The fourth-order valence-corrected chi connectivity index (χ4v) is 1.20. The minimum Gasteiger partial charge on any atom is -0.481 e. The van der Waals surface area contributed by atoms with Gasteiger partial charge >= 0.3 is 5.97 Å². The highest BCUT2D eigenvalue weighted by atomic mass is 16.6. The average Bonchev–Trinajstić information content (AvgIpc) is 2.17. The molecule has 0 atom stereocenters. The molecule has 1 aromatic rings. The first-order valence-corrected chi connectivity index (χ1v) is 4.41. The minimum atomic E-state index is -0.909. The van der Waals surface area contributed by atoms with Crippen LogP contribution in [0.25, 0.3) is 0 Å². The second kappa shape index (κ2) is 5.04. The van der Waals surface area contributed by atoms with Crippen molar-refractivity contribution in [1.29, 1.82) is 0 Å².